The number of amides is 1. The zero-order valence-electron chi connectivity index (χ0n) is 13.4. The first-order chi connectivity index (χ1) is 10.5. The number of rotatable bonds is 4. The van der Waals surface area contributed by atoms with Crippen molar-refractivity contribution < 1.29 is 9.18 Å². The fourth-order valence-electron chi connectivity index (χ4n) is 3.73. The lowest BCUT2D eigenvalue weighted by Crippen LogP contribution is -2.37. The molecule has 3 rings (SSSR count). The molecule has 4 nitrogen and oxygen atoms in total. The van der Waals surface area contributed by atoms with Gasteiger partial charge in [0.2, 0.25) is 5.91 Å². The van der Waals surface area contributed by atoms with Gasteiger partial charge in [0.15, 0.2) is 0 Å². The summed E-state index contributed by atoms with van der Waals surface area (Å²) >= 11 is 0. The zero-order valence-corrected chi connectivity index (χ0v) is 14.2. The van der Waals surface area contributed by atoms with Gasteiger partial charge in [-0.15, -0.1) is 12.4 Å². The lowest BCUT2D eigenvalue weighted by Gasteiger charge is -2.17. The fraction of sp³-hybridized carbons (Fsp3) is 0.588. The quantitative estimate of drug-likeness (QED) is 0.878. The van der Waals surface area contributed by atoms with Gasteiger partial charge in [-0.2, -0.15) is 0 Å². The number of carbonyl (C=O) groups excluding carboxylic acids is 1. The Labute approximate surface area is 143 Å². The highest BCUT2D eigenvalue weighted by atomic mass is 35.5. The number of carbonyl (C=O) groups is 1. The second-order valence-corrected chi connectivity index (χ2v) is 6.72. The first-order valence-electron chi connectivity index (χ1n) is 8.02. The van der Waals surface area contributed by atoms with Crippen molar-refractivity contribution in [1.29, 1.82) is 0 Å². The first-order valence-corrected chi connectivity index (χ1v) is 8.02. The molecule has 1 heterocycles. The molecule has 23 heavy (non-hydrogen) atoms. The van der Waals surface area contributed by atoms with Gasteiger partial charge in [-0.25, -0.2) is 4.39 Å². The zero-order chi connectivity index (χ0) is 15.7. The van der Waals surface area contributed by atoms with E-state index < -0.39 is 0 Å². The number of likely N-dealkylation sites (tertiary alicyclic amines) is 1. The summed E-state index contributed by atoms with van der Waals surface area (Å²) in [5.74, 6) is 0.982. The van der Waals surface area contributed by atoms with Crippen LogP contribution in [-0.4, -0.2) is 36.5 Å². The minimum atomic E-state index is -0.229. The van der Waals surface area contributed by atoms with Crippen molar-refractivity contribution in [2.24, 2.45) is 17.6 Å². The maximum absolute atomic E-state index is 13.5. The predicted octanol–water partition coefficient (Wildman–Crippen LogP) is 1.84. The molecule has 1 amide bonds. The van der Waals surface area contributed by atoms with Crippen molar-refractivity contribution in [3.63, 3.8) is 0 Å². The van der Waals surface area contributed by atoms with E-state index in [9.17, 15) is 9.18 Å². The van der Waals surface area contributed by atoms with Gasteiger partial charge in [0.1, 0.15) is 5.82 Å². The van der Waals surface area contributed by atoms with Gasteiger partial charge in [0, 0.05) is 25.7 Å². The number of nitrogens with two attached hydrogens (primary N) is 1. The van der Waals surface area contributed by atoms with Crippen LogP contribution in [0.2, 0.25) is 0 Å². The highest BCUT2D eigenvalue weighted by molar-refractivity contribution is 5.85. The van der Waals surface area contributed by atoms with Gasteiger partial charge < -0.3 is 11.1 Å². The third-order valence-corrected chi connectivity index (χ3v) is 5.08. The highest BCUT2D eigenvalue weighted by Gasteiger charge is 2.41. The molecule has 1 aliphatic heterocycles. The lowest BCUT2D eigenvalue weighted by atomic mass is 9.98. The number of nitrogens with zero attached hydrogens (tertiary/aromatic N) is 1. The Morgan fingerprint density at radius 2 is 2.17 bits per heavy atom. The summed E-state index contributed by atoms with van der Waals surface area (Å²) in [6.45, 7) is 4.42. The molecule has 1 saturated carbocycles. The second-order valence-electron chi connectivity index (χ2n) is 6.72. The Balaban J connectivity index is 0.00000192. The van der Waals surface area contributed by atoms with Crippen LogP contribution in [0.15, 0.2) is 18.2 Å². The lowest BCUT2D eigenvalue weighted by molar-refractivity contribution is -0.122. The van der Waals surface area contributed by atoms with Crippen LogP contribution in [-0.2, 0) is 11.3 Å². The van der Waals surface area contributed by atoms with Crippen LogP contribution in [0.3, 0.4) is 0 Å². The van der Waals surface area contributed by atoms with Gasteiger partial charge in [0.25, 0.3) is 0 Å². The highest BCUT2D eigenvalue weighted by Crippen LogP contribution is 2.36. The van der Waals surface area contributed by atoms with Crippen LogP contribution < -0.4 is 11.1 Å². The largest absolute Gasteiger partial charge is 0.351 e. The average Bonchev–Trinajstić information content (AvgIpc) is 3.02. The van der Waals surface area contributed by atoms with Gasteiger partial charge in [0.05, 0.1) is 6.54 Å². The van der Waals surface area contributed by atoms with E-state index in [1.807, 2.05) is 6.07 Å². The van der Waals surface area contributed by atoms with Gasteiger partial charge in [-0.1, -0.05) is 12.1 Å². The van der Waals surface area contributed by atoms with Crippen molar-refractivity contribution >= 4 is 18.3 Å². The molecule has 0 spiro atoms. The van der Waals surface area contributed by atoms with Gasteiger partial charge in [-0.05, 0) is 48.8 Å². The first kappa shape index (κ1) is 18.2. The molecule has 2 fully saturated rings. The van der Waals surface area contributed by atoms with Crippen LogP contribution >= 0.6 is 12.4 Å². The molecule has 6 heteroatoms. The molecular formula is C17H25ClFN3O. The van der Waals surface area contributed by atoms with Crippen LogP contribution in [0, 0.1) is 24.6 Å². The third-order valence-electron chi connectivity index (χ3n) is 5.08. The maximum Gasteiger partial charge on any atom is 0.234 e. The van der Waals surface area contributed by atoms with E-state index in [0.717, 1.165) is 25.1 Å². The number of nitrogens with one attached hydrogen (secondary N) is 1. The monoisotopic (exact) mass is 341 g/mol. The van der Waals surface area contributed by atoms with Gasteiger partial charge in [-0.3, -0.25) is 9.69 Å². The molecule has 1 aromatic rings. The van der Waals surface area contributed by atoms with Crippen molar-refractivity contribution in [2.45, 2.75) is 32.4 Å². The molecule has 1 saturated heterocycles. The summed E-state index contributed by atoms with van der Waals surface area (Å²) in [6, 6.07) is 5.36. The number of fused-ring (bicyclic) bond motifs is 1. The molecule has 0 aromatic heterocycles. The molecule has 2 aliphatic rings. The fourth-order valence-corrected chi connectivity index (χ4v) is 3.73. The van der Waals surface area contributed by atoms with E-state index >= 15 is 0 Å². The van der Waals surface area contributed by atoms with Gasteiger partial charge >= 0.3 is 0 Å². The van der Waals surface area contributed by atoms with Crippen molar-refractivity contribution in [3.8, 4) is 0 Å². The minimum Gasteiger partial charge on any atom is -0.351 e. The van der Waals surface area contributed by atoms with E-state index in [0.29, 0.717) is 36.5 Å². The Morgan fingerprint density at radius 1 is 1.39 bits per heavy atom. The topological polar surface area (TPSA) is 58.4 Å². The van der Waals surface area contributed by atoms with Crippen LogP contribution in [0.1, 0.15) is 24.0 Å². The summed E-state index contributed by atoms with van der Waals surface area (Å²) in [6.07, 6.45) is 2.31. The Hall–Kier alpha value is -1.17. The standard InChI is InChI=1S/C17H24FN3O.ClH/c1-11-2-3-12(6-15(11)18)7-20-17(22)10-21-8-13-4-5-16(19)14(13)9-21;/h2-3,6,13-14,16H,4-5,7-10,19H2,1H3,(H,20,22);1H. The number of benzene rings is 1. The van der Waals surface area contributed by atoms with Crippen molar-refractivity contribution in [3.05, 3.63) is 35.1 Å². The minimum absolute atomic E-state index is 0. The van der Waals surface area contributed by atoms with E-state index in [1.165, 1.54) is 12.5 Å². The molecule has 3 N–H and O–H groups in total. The Morgan fingerprint density at radius 3 is 2.87 bits per heavy atom. The Bertz CT molecular complexity index is 569. The molecule has 1 aromatic carbocycles. The summed E-state index contributed by atoms with van der Waals surface area (Å²) in [4.78, 5) is 14.2. The maximum atomic E-state index is 13.5. The third kappa shape index (κ3) is 4.22. The van der Waals surface area contributed by atoms with Crippen molar-refractivity contribution in [2.75, 3.05) is 19.6 Å². The van der Waals surface area contributed by atoms with E-state index in [2.05, 4.69) is 10.2 Å². The summed E-state index contributed by atoms with van der Waals surface area (Å²) < 4.78 is 13.5. The molecule has 1 aliphatic carbocycles. The Kier molecular flexibility index (Phi) is 6.00. The normalized spacial score (nSPS) is 26.7. The molecule has 128 valence electrons. The number of halogens is 2. The van der Waals surface area contributed by atoms with Crippen LogP contribution in [0.5, 0.6) is 0 Å². The predicted molar refractivity (Wildman–Crippen MR) is 90.9 cm³/mol. The summed E-state index contributed by atoms with van der Waals surface area (Å²) in [5.41, 5.74) is 7.52. The number of hydrogen-bond acceptors (Lipinski definition) is 3. The van der Waals surface area contributed by atoms with E-state index in [-0.39, 0.29) is 24.1 Å². The average molecular weight is 342 g/mol. The van der Waals surface area contributed by atoms with Crippen LogP contribution in [0.4, 0.5) is 4.39 Å². The van der Waals surface area contributed by atoms with Crippen LogP contribution in [0.25, 0.3) is 0 Å². The van der Waals surface area contributed by atoms with Crippen molar-refractivity contribution in [1.82, 2.24) is 10.2 Å². The molecule has 3 atom stereocenters. The second kappa shape index (κ2) is 7.60. The molecule has 0 radical (unpaired) electrons. The number of aryl methyl sites for hydroxylation is 1. The summed E-state index contributed by atoms with van der Waals surface area (Å²) in [5, 5.41) is 2.87. The smallest absolute Gasteiger partial charge is 0.234 e. The summed E-state index contributed by atoms with van der Waals surface area (Å²) in [7, 11) is 0. The number of hydrogen-bond donors (Lipinski definition) is 2. The SMILES string of the molecule is Cc1ccc(CNC(=O)CN2CC3CCC(N)C3C2)cc1F.Cl. The molecular weight excluding hydrogens is 317 g/mol. The van der Waals surface area contributed by atoms with E-state index in [1.54, 1.807) is 13.0 Å². The molecule has 3 unspecified atom stereocenters. The molecule has 0 bridgehead atoms. The van der Waals surface area contributed by atoms with E-state index in [4.69, 9.17) is 5.73 Å².